The number of hydrogen-bond acceptors (Lipinski definition) is 3. The Morgan fingerprint density at radius 3 is 2.33 bits per heavy atom. The first-order valence-electron chi connectivity index (χ1n) is 10.2. The highest BCUT2D eigenvalue weighted by Crippen LogP contribution is 2.54. The quantitative estimate of drug-likeness (QED) is 0.647. The van der Waals surface area contributed by atoms with Crippen LogP contribution in [0.1, 0.15) is 29.2 Å². The van der Waals surface area contributed by atoms with Gasteiger partial charge in [0, 0.05) is 24.6 Å². The van der Waals surface area contributed by atoms with Crippen molar-refractivity contribution in [1.29, 1.82) is 0 Å². The Bertz CT molecular complexity index is 1150. The Morgan fingerprint density at radius 1 is 0.933 bits per heavy atom. The average molecular weight is 396 g/mol. The predicted molar refractivity (Wildman–Crippen MR) is 119 cm³/mol. The monoisotopic (exact) mass is 396 g/mol. The number of hydrogen-bond donors (Lipinski definition) is 0. The Hall–Kier alpha value is -3.40. The molecule has 30 heavy (non-hydrogen) atoms. The third-order valence-corrected chi connectivity index (χ3v) is 6.30. The normalized spacial score (nSPS) is 24.7. The van der Waals surface area contributed by atoms with Crippen molar-refractivity contribution < 1.29 is 9.53 Å². The number of likely N-dealkylation sites (N-methyl/N-ethyl adjacent to an activating group) is 1. The minimum Gasteiger partial charge on any atom is -0.453 e. The molecule has 0 saturated heterocycles. The summed E-state index contributed by atoms with van der Waals surface area (Å²) in [5.41, 5.74) is 2.96. The van der Waals surface area contributed by atoms with Gasteiger partial charge in [-0.2, -0.15) is 0 Å². The molecule has 2 atom stereocenters. The molecule has 0 fully saturated rings. The number of carbonyl (C=O) groups excluding carboxylic acids is 1. The molecular formula is C26H24N2O2. The summed E-state index contributed by atoms with van der Waals surface area (Å²) in [6.07, 6.45) is 0.594. The zero-order valence-corrected chi connectivity index (χ0v) is 17.4. The molecule has 150 valence electrons. The number of amides is 1. The zero-order valence-electron chi connectivity index (χ0n) is 17.4. The number of para-hydroxylation sites is 1. The molecule has 0 aliphatic carbocycles. The summed E-state index contributed by atoms with van der Waals surface area (Å²) >= 11 is 0. The number of nitrogens with zero attached hydrogens (tertiary/aromatic N) is 2. The number of rotatable bonds is 3. The Labute approximate surface area is 176 Å². The van der Waals surface area contributed by atoms with Gasteiger partial charge in [0.2, 0.25) is 11.5 Å². The molecule has 0 N–H and O–H groups in total. The van der Waals surface area contributed by atoms with Crippen LogP contribution < -0.4 is 4.90 Å². The number of fused-ring (bicyclic) bond motifs is 2. The van der Waals surface area contributed by atoms with Gasteiger partial charge < -0.3 is 9.64 Å². The molecule has 0 aromatic heterocycles. The first-order valence-corrected chi connectivity index (χ1v) is 10.2. The maximum Gasteiger partial charge on any atom is 0.278 e. The van der Waals surface area contributed by atoms with E-state index in [1.165, 1.54) is 5.56 Å². The fourth-order valence-electron chi connectivity index (χ4n) is 4.70. The van der Waals surface area contributed by atoms with Crippen molar-refractivity contribution in [2.24, 2.45) is 4.99 Å². The molecule has 4 heteroatoms. The Kier molecular flexibility index (Phi) is 4.07. The van der Waals surface area contributed by atoms with Crippen molar-refractivity contribution >= 4 is 17.5 Å². The summed E-state index contributed by atoms with van der Waals surface area (Å²) in [5, 5.41) is 0. The van der Waals surface area contributed by atoms with E-state index < -0.39 is 11.1 Å². The van der Waals surface area contributed by atoms with Gasteiger partial charge >= 0.3 is 0 Å². The van der Waals surface area contributed by atoms with E-state index in [0.717, 1.165) is 22.4 Å². The highest BCUT2D eigenvalue weighted by Gasteiger charge is 2.66. The predicted octanol–water partition coefficient (Wildman–Crippen LogP) is 4.65. The van der Waals surface area contributed by atoms with Gasteiger partial charge in [0.15, 0.2) is 0 Å². The van der Waals surface area contributed by atoms with E-state index in [1.54, 1.807) is 4.90 Å². The lowest BCUT2D eigenvalue weighted by Crippen LogP contribution is -2.54. The van der Waals surface area contributed by atoms with Crippen molar-refractivity contribution in [2.75, 3.05) is 11.9 Å². The van der Waals surface area contributed by atoms with Crippen molar-refractivity contribution in [3.8, 4) is 0 Å². The molecule has 2 heterocycles. The number of aliphatic imine (C=N–C) groups is 1. The maximum absolute atomic E-state index is 13.8. The van der Waals surface area contributed by atoms with E-state index >= 15 is 0 Å². The molecule has 1 amide bonds. The van der Waals surface area contributed by atoms with Gasteiger partial charge in [0.1, 0.15) is 5.54 Å². The van der Waals surface area contributed by atoms with Crippen molar-refractivity contribution in [2.45, 2.75) is 31.4 Å². The highest BCUT2D eigenvalue weighted by molar-refractivity contribution is 6.11. The summed E-state index contributed by atoms with van der Waals surface area (Å²) in [6.45, 7) is 4.09. The topological polar surface area (TPSA) is 41.9 Å². The Morgan fingerprint density at radius 2 is 1.60 bits per heavy atom. The average Bonchev–Trinajstić information content (AvgIpc) is 3.18. The van der Waals surface area contributed by atoms with Crippen LogP contribution in [0.15, 0.2) is 83.9 Å². The number of benzene rings is 3. The van der Waals surface area contributed by atoms with E-state index in [1.807, 2.05) is 87.6 Å². The molecule has 5 rings (SSSR count). The van der Waals surface area contributed by atoms with Gasteiger partial charge in [0.05, 0.1) is 5.69 Å². The van der Waals surface area contributed by atoms with Gasteiger partial charge in [-0.05, 0) is 37.6 Å². The summed E-state index contributed by atoms with van der Waals surface area (Å²) in [6, 6.07) is 26.1. The lowest BCUT2D eigenvalue weighted by atomic mass is 9.74. The highest BCUT2D eigenvalue weighted by atomic mass is 16.5. The number of anilines is 1. The van der Waals surface area contributed by atoms with Crippen LogP contribution in [-0.2, 0) is 21.6 Å². The van der Waals surface area contributed by atoms with Crippen LogP contribution in [0.25, 0.3) is 0 Å². The minimum atomic E-state index is -1.19. The smallest absolute Gasteiger partial charge is 0.278 e. The summed E-state index contributed by atoms with van der Waals surface area (Å²) < 4.78 is 6.59. The molecular weight excluding hydrogens is 372 g/mol. The summed E-state index contributed by atoms with van der Waals surface area (Å²) in [7, 11) is 1.81. The summed E-state index contributed by atoms with van der Waals surface area (Å²) in [4.78, 5) is 20.5. The second kappa shape index (κ2) is 6.56. The second-order valence-electron chi connectivity index (χ2n) is 8.38. The maximum atomic E-state index is 13.8. The largest absolute Gasteiger partial charge is 0.453 e. The lowest BCUT2D eigenvalue weighted by Gasteiger charge is -2.36. The zero-order chi connectivity index (χ0) is 20.9. The van der Waals surface area contributed by atoms with Crippen LogP contribution in [0.4, 0.5) is 5.69 Å². The molecule has 4 nitrogen and oxygen atoms in total. The van der Waals surface area contributed by atoms with Gasteiger partial charge in [0.25, 0.3) is 5.91 Å². The van der Waals surface area contributed by atoms with E-state index in [2.05, 4.69) is 12.1 Å². The van der Waals surface area contributed by atoms with E-state index in [9.17, 15) is 4.79 Å². The van der Waals surface area contributed by atoms with Crippen molar-refractivity contribution in [3.63, 3.8) is 0 Å². The first-order chi connectivity index (χ1) is 14.4. The third kappa shape index (κ3) is 2.53. The van der Waals surface area contributed by atoms with E-state index in [0.29, 0.717) is 12.3 Å². The molecule has 0 bridgehead atoms. The third-order valence-electron chi connectivity index (χ3n) is 6.30. The minimum absolute atomic E-state index is 0.0759. The molecule has 0 saturated carbocycles. The molecule has 3 aromatic carbocycles. The van der Waals surface area contributed by atoms with Crippen molar-refractivity contribution in [3.05, 3.63) is 101 Å². The number of carbonyl (C=O) groups is 1. The molecule has 3 aromatic rings. The second-order valence-corrected chi connectivity index (χ2v) is 8.38. The van der Waals surface area contributed by atoms with Gasteiger partial charge in [-0.25, -0.2) is 4.99 Å². The van der Waals surface area contributed by atoms with Crippen LogP contribution >= 0.6 is 0 Å². The SMILES string of the molecule is Cc1ccc(C2=N[C@@](C)(Cc3ccccc3)[C@]3(O2)C(=O)N(C)c2ccccc23)cc1. The molecule has 0 radical (unpaired) electrons. The van der Waals surface area contributed by atoms with Gasteiger partial charge in [-0.3, -0.25) is 4.79 Å². The van der Waals surface area contributed by atoms with Crippen LogP contribution in [0.5, 0.6) is 0 Å². The van der Waals surface area contributed by atoms with Crippen molar-refractivity contribution in [1.82, 2.24) is 0 Å². The van der Waals surface area contributed by atoms with Gasteiger partial charge in [-0.1, -0.05) is 66.2 Å². The summed E-state index contributed by atoms with van der Waals surface area (Å²) in [5.74, 6) is 0.444. The number of aryl methyl sites for hydroxylation is 1. The standard InChI is InChI=1S/C26H24N2O2/c1-18-13-15-20(16-14-18)23-27-25(2,17-19-9-5-4-6-10-19)26(30-23)21-11-7-8-12-22(21)28(3)24(26)29/h4-16H,17H2,1-3H3/t25-,26+/m0/s1. The number of ether oxygens (including phenoxy) is 1. The van der Waals surface area contributed by atoms with Crippen LogP contribution in [-0.4, -0.2) is 24.4 Å². The molecule has 1 spiro atoms. The van der Waals surface area contributed by atoms with Crippen LogP contribution in [0, 0.1) is 6.92 Å². The van der Waals surface area contributed by atoms with E-state index in [-0.39, 0.29) is 5.91 Å². The van der Waals surface area contributed by atoms with Gasteiger partial charge in [-0.15, -0.1) is 0 Å². The molecule has 2 aliphatic heterocycles. The molecule has 2 aliphatic rings. The fraction of sp³-hybridized carbons (Fsp3) is 0.231. The Balaban J connectivity index is 1.70. The lowest BCUT2D eigenvalue weighted by molar-refractivity contribution is -0.137. The van der Waals surface area contributed by atoms with Crippen LogP contribution in [0.3, 0.4) is 0 Å². The first kappa shape index (κ1) is 18.6. The fourth-order valence-corrected chi connectivity index (χ4v) is 4.70. The van der Waals surface area contributed by atoms with E-state index in [4.69, 9.17) is 9.73 Å². The molecule has 0 unspecified atom stereocenters. The van der Waals surface area contributed by atoms with Crippen LogP contribution in [0.2, 0.25) is 0 Å².